The van der Waals surface area contributed by atoms with Crippen molar-refractivity contribution in [1.82, 2.24) is 20.0 Å². The molecule has 2 atom stereocenters. The molecule has 1 aliphatic heterocycles. The van der Waals surface area contributed by atoms with E-state index >= 15 is 0 Å². The molecule has 2 heterocycles. The van der Waals surface area contributed by atoms with E-state index < -0.39 is 24.1 Å². The van der Waals surface area contributed by atoms with E-state index in [-0.39, 0.29) is 13.2 Å². The summed E-state index contributed by atoms with van der Waals surface area (Å²) in [5, 5.41) is 24.7. The normalized spacial score (nSPS) is 20.1. The van der Waals surface area contributed by atoms with Gasteiger partial charge in [0.15, 0.2) is 6.04 Å². The number of amides is 2. The molecule has 2 rings (SSSR count). The fourth-order valence-electron chi connectivity index (χ4n) is 2.11. The molecule has 3 N–H and O–H groups in total. The fourth-order valence-corrected chi connectivity index (χ4v) is 2.11. The molecule has 9 nitrogen and oxygen atoms in total. The summed E-state index contributed by atoms with van der Waals surface area (Å²) in [4.78, 5) is 24.9. The molecule has 0 spiro atoms. The van der Waals surface area contributed by atoms with Gasteiger partial charge in [-0.05, 0) is 0 Å². The second-order valence-electron chi connectivity index (χ2n) is 4.79. The lowest BCUT2D eigenvalue weighted by molar-refractivity contribution is -0.139. The van der Waals surface area contributed by atoms with Crippen molar-refractivity contribution >= 4 is 12.0 Å². The highest BCUT2D eigenvalue weighted by molar-refractivity contribution is 5.83. The fraction of sp³-hybridized carbons (Fsp3) is 0.583. The molecule has 0 aromatic carbocycles. The number of nitrogens with one attached hydrogen (secondary N) is 1. The van der Waals surface area contributed by atoms with Crippen LogP contribution >= 0.6 is 0 Å². The second kappa shape index (κ2) is 6.55. The van der Waals surface area contributed by atoms with Crippen molar-refractivity contribution in [3.63, 3.8) is 0 Å². The zero-order valence-corrected chi connectivity index (χ0v) is 11.6. The molecule has 9 heteroatoms. The van der Waals surface area contributed by atoms with Gasteiger partial charge in [-0.3, -0.25) is 4.68 Å². The first kappa shape index (κ1) is 15.3. The first-order chi connectivity index (χ1) is 10.0. The van der Waals surface area contributed by atoms with Gasteiger partial charge in [-0.1, -0.05) is 0 Å². The Balaban J connectivity index is 2.03. The van der Waals surface area contributed by atoms with Gasteiger partial charge in [0.25, 0.3) is 0 Å². The number of hydrogen-bond acceptors (Lipinski definition) is 5. The summed E-state index contributed by atoms with van der Waals surface area (Å²) in [5.41, 5.74) is 0.394. The SMILES string of the molecule is Cn1cc(C(NC(=O)N2CCOC(CO)C2)C(=O)O)cn1. The van der Waals surface area contributed by atoms with Crippen molar-refractivity contribution in [2.45, 2.75) is 12.1 Å². The number of nitrogens with zero attached hydrogens (tertiary/aromatic N) is 3. The number of aromatic nitrogens is 2. The van der Waals surface area contributed by atoms with Crippen LogP contribution in [0.15, 0.2) is 12.4 Å². The van der Waals surface area contributed by atoms with Crippen LogP contribution in [0, 0.1) is 0 Å². The third-order valence-electron chi connectivity index (χ3n) is 3.20. The molecule has 2 unspecified atom stereocenters. The number of carboxylic acid groups (broad SMARTS) is 1. The van der Waals surface area contributed by atoms with Crippen LogP contribution in [0.1, 0.15) is 11.6 Å². The zero-order valence-electron chi connectivity index (χ0n) is 11.6. The second-order valence-corrected chi connectivity index (χ2v) is 4.79. The van der Waals surface area contributed by atoms with Gasteiger partial charge in [0.2, 0.25) is 0 Å². The van der Waals surface area contributed by atoms with Crippen molar-refractivity contribution in [3.05, 3.63) is 18.0 Å². The number of ether oxygens (including phenoxy) is 1. The van der Waals surface area contributed by atoms with Crippen LogP contribution < -0.4 is 5.32 Å². The molecule has 1 aromatic heterocycles. The Morgan fingerprint density at radius 3 is 2.95 bits per heavy atom. The van der Waals surface area contributed by atoms with Crippen LogP contribution in [0.4, 0.5) is 4.79 Å². The minimum atomic E-state index is -1.17. The molecule has 1 saturated heterocycles. The van der Waals surface area contributed by atoms with Gasteiger partial charge in [-0.15, -0.1) is 0 Å². The van der Waals surface area contributed by atoms with Gasteiger partial charge in [0.05, 0.1) is 32.1 Å². The van der Waals surface area contributed by atoms with Gasteiger partial charge in [0, 0.05) is 25.4 Å². The van der Waals surface area contributed by atoms with Gasteiger partial charge >= 0.3 is 12.0 Å². The number of aliphatic hydroxyl groups excluding tert-OH is 1. The predicted molar refractivity (Wildman–Crippen MR) is 70.5 cm³/mol. The number of urea groups is 1. The van der Waals surface area contributed by atoms with Crippen LogP contribution in [0.3, 0.4) is 0 Å². The third kappa shape index (κ3) is 3.70. The minimum Gasteiger partial charge on any atom is -0.479 e. The Hall–Kier alpha value is -2.13. The molecule has 1 aliphatic rings. The molecule has 21 heavy (non-hydrogen) atoms. The van der Waals surface area contributed by atoms with E-state index in [9.17, 15) is 14.7 Å². The van der Waals surface area contributed by atoms with Gasteiger partial charge < -0.3 is 25.2 Å². The summed E-state index contributed by atoms with van der Waals surface area (Å²) in [7, 11) is 1.66. The topological polar surface area (TPSA) is 117 Å². The average molecular weight is 298 g/mol. The van der Waals surface area contributed by atoms with Crippen molar-refractivity contribution in [2.24, 2.45) is 7.05 Å². The Kier molecular flexibility index (Phi) is 4.76. The first-order valence-electron chi connectivity index (χ1n) is 6.50. The number of rotatable bonds is 4. The maximum atomic E-state index is 12.1. The van der Waals surface area contributed by atoms with Crippen LogP contribution in [-0.2, 0) is 16.6 Å². The molecular weight excluding hydrogens is 280 g/mol. The third-order valence-corrected chi connectivity index (χ3v) is 3.20. The Bertz CT molecular complexity index is 518. The number of carbonyl (C=O) groups excluding carboxylic acids is 1. The first-order valence-corrected chi connectivity index (χ1v) is 6.50. The summed E-state index contributed by atoms with van der Waals surface area (Å²) in [6.45, 7) is 0.696. The van der Waals surface area contributed by atoms with Gasteiger partial charge in [0.1, 0.15) is 0 Å². The largest absolute Gasteiger partial charge is 0.479 e. The van der Waals surface area contributed by atoms with E-state index in [1.165, 1.54) is 22.0 Å². The predicted octanol–water partition coefficient (Wildman–Crippen LogP) is -1.05. The standard InChI is InChI=1S/C12H18N4O5/c1-15-5-8(4-13-15)10(11(18)19)14-12(20)16-2-3-21-9(6-16)7-17/h4-5,9-10,17H,2-3,6-7H2,1H3,(H,14,20)(H,18,19). The zero-order chi connectivity index (χ0) is 15.4. The number of aliphatic carboxylic acids is 1. The van der Waals surface area contributed by atoms with E-state index in [4.69, 9.17) is 9.84 Å². The maximum absolute atomic E-state index is 12.1. The summed E-state index contributed by atoms with van der Waals surface area (Å²) >= 11 is 0. The van der Waals surface area contributed by atoms with Crippen molar-refractivity contribution in [2.75, 3.05) is 26.3 Å². The molecule has 116 valence electrons. The van der Waals surface area contributed by atoms with E-state index in [1.807, 2.05) is 0 Å². The Morgan fingerprint density at radius 1 is 1.62 bits per heavy atom. The molecule has 1 fully saturated rings. The smallest absolute Gasteiger partial charge is 0.331 e. The van der Waals surface area contributed by atoms with Crippen LogP contribution in [-0.4, -0.2) is 69.3 Å². The van der Waals surface area contributed by atoms with Crippen molar-refractivity contribution in [3.8, 4) is 0 Å². The highest BCUT2D eigenvalue weighted by Gasteiger charge is 2.29. The van der Waals surface area contributed by atoms with Gasteiger partial charge in [-0.25, -0.2) is 9.59 Å². The summed E-state index contributed by atoms with van der Waals surface area (Å²) in [6, 6.07) is -1.67. The number of hydrogen-bond donors (Lipinski definition) is 3. The van der Waals surface area contributed by atoms with E-state index in [1.54, 1.807) is 7.05 Å². The lowest BCUT2D eigenvalue weighted by atomic mass is 10.1. The van der Waals surface area contributed by atoms with E-state index in [0.29, 0.717) is 18.7 Å². The molecule has 0 bridgehead atoms. The number of carboxylic acids is 1. The minimum absolute atomic E-state index is 0.186. The average Bonchev–Trinajstić information content (AvgIpc) is 2.90. The molecular formula is C12H18N4O5. The number of morpholine rings is 1. The van der Waals surface area contributed by atoms with Crippen molar-refractivity contribution < 1.29 is 24.5 Å². The van der Waals surface area contributed by atoms with Crippen LogP contribution in [0.25, 0.3) is 0 Å². The number of carbonyl (C=O) groups is 2. The highest BCUT2D eigenvalue weighted by atomic mass is 16.5. The van der Waals surface area contributed by atoms with E-state index in [2.05, 4.69) is 10.4 Å². The maximum Gasteiger partial charge on any atom is 0.331 e. The van der Waals surface area contributed by atoms with E-state index in [0.717, 1.165) is 0 Å². The highest BCUT2D eigenvalue weighted by Crippen LogP contribution is 2.13. The molecule has 0 saturated carbocycles. The lowest BCUT2D eigenvalue weighted by Gasteiger charge is -2.32. The summed E-state index contributed by atoms with van der Waals surface area (Å²) in [5.74, 6) is -1.16. The van der Waals surface area contributed by atoms with Crippen LogP contribution in [0.5, 0.6) is 0 Å². The Morgan fingerprint density at radius 2 is 2.38 bits per heavy atom. The molecule has 0 aliphatic carbocycles. The van der Waals surface area contributed by atoms with Crippen LogP contribution in [0.2, 0.25) is 0 Å². The van der Waals surface area contributed by atoms with Crippen molar-refractivity contribution in [1.29, 1.82) is 0 Å². The monoisotopic (exact) mass is 298 g/mol. The molecule has 1 aromatic rings. The Labute approximate surface area is 121 Å². The number of aryl methyl sites for hydroxylation is 1. The lowest BCUT2D eigenvalue weighted by Crippen LogP contribution is -2.51. The summed E-state index contributed by atoms with van der Waals surface area (Å²) < 4.78 is 6.71. The molecule has 2 amide bonds. The van der Waals surface area contributed by atoms with Gasteiger partial charge in [-0.2, -0.15) is 5.10 Å². The summed E-state index contributed by atoms with van der Waals surface area (Å²) in [6.07, 6.45) is 2.50. The molecule has 0 radical (unpaired) electrons. The number of aliphatic hydroxyl groups is 1. The quantitative estimate of drug-likeness (QED) is 0.653.